The fraction of sp³-hybridized carbons (Fsp3) is 0.500. The summed E-state index contributed by atoms with van der Waals surface area (Å²) in [6.07, 6.45) is 0.862. The van der Waals surface area contributed by atoms with E-state index in [4.69, 9.17) is 11.5 Å². The van der Waals surface area contributed by atoms with Gasteiger partial charge in [0.05, 0.1) is 4.92 Å². The highest BCUT2D eigenvalue weighted by Crippen LogP contribution is 2.19. The molecule has 6 nitrogen and oxygen atoms in total. The maximum Gasteiger partial charge on any atom is 0.273 e. The highest BCUT2D eigenvalue weighted by Gasteiger charge is 2.14. The zero-order chi connectivity index (χ0) is 13.4. The average molecular weight is 252 g/mol. The van der Waals surface area contributed by atoms with Gasteiger partial charge in [0, 0.05) is 31.3 Å². The molecule has 6 heteroatoms. The van der Waals surface area contributed by atoms with Gasteiger partial charge in [0.2, 0.25) is 0 Å². The van der Waals surface area contributed by atoms with E-state index < -0.39 is 0 Å². The van der Waals surface area contributed by atoms with E-state index >= 15 is 0 Å². The van der Waals surface area contributed by atoms with Crippen LogP contribution in [-0.2, 0) is 6.54 Å². The van der Waals surface area contributed by atoms with E-state index in [-0.39, 0.29) is 10.6 Å². The van der Waals surface area contributed by atoms with Gasteiger partial charge in [-0.2, -0.15) is 0 Å². The lowest BCUT2D eigenvalue weighted by Crippen LogP contribution is -2.31. The molecule has 1 aromatic carbocycles. The first kappa shape index (κ1) is 14.6. The minimum absolute atomic E-state index is 0.160. The minimum atomic E-state index is -0.348. The summed E-state index contributed by atoms with van der Waals surface area (Å²) >= 11 is 0. The van der Waals surface area contributed by atoms with Gasteiger partial charge >= 0.3 is 0 Å². The Labute approximate surface area is 107 Å². The van der Waals surface area contributed by atoms with Gasteiger partial charge in [0.1, 0.15) is 0 Å². The molecular formula is C12H20N4O2. The van der Waals surface area contributed by atoms with Crippen LogP contribution in [-0.4, -0.2) is 36.0 Å². The molecule has 4 N–H and O–H groups in total. The van der Waals surface area contributed by atoms with E-state index in [0.29, 0.717) is 31.7 Å². The molecular weight excluding hydrogens is 232 g/mol. The number of rotatable bonds is 8. The Kier molecular flexibility index (Phi) is 6.27. The average Bonchev–Trinajstić information content (AvgIpc) is 2.36. The van der Waals surface area contributed by atoms with Gasteiger partial charge in [-0.1, -0.05) is 18.2 Å². The second-order valence-corrected chi connectivity index (χ2v) is 4.09. The molecule has 0 saturated carbocycles. The lowest BCUT2D eigenvalue weighted by atomic mass is 10.1. The molecule has 0 aliphatic carbocycles. The summed E-state index contributed by atoms with van der Waals surface area (Å²) in [5.41, 5.74) is 11.9. The molecule has 0 amide bonds. The Balaban J connectivity index is 2.76. The van der Waals surface area contributed by atoms with Crippen molar-refractivity contribution < 1.29 is 4.92 Å². The van der Waals surface area contributed by atoms with Gasteiger partial charge in [-0.05, 0) is 19.5 Å². The second kappa shape index (κ2) is 7.75. The van der Waals surface area contributed by atoms with Crippen LogP contribution in [0.1, 0.15) is 12.0 Å². The molecule has 0 heterocycles. The highest BCUT2D eigenvalue weighted by molar-refractivity contribution is 5.39. The normalized spacial score (nSPS) is 10.8. The first-order valence-electron chi connectivity index (χ1n) is 6.03. The van der Waals surface area contributed by atoms with Gasteiger partial charge in [0.15, 0.2) is 0 Å². The molecule has 0 fully saturated rings. The summed E-state index contributed by atoms with van der Waals surface area (Å²) in [4.78, 5) is 12.7. The first-order valence-corrected chi connectivity index (χ1v) is 6.03. The van der Waals surface area contributed by atoms with Crippen molar-refractivity contribution in [3.63, 3.8) is 0 Å². The van der Waals surface area contributed by atoms with Crippen molar-refractivity contribution in [1.29, 1.82) is 0 Å². The van der Waals surface area contributed by atoms with Gasteiger partial charge in [-0.25, -0.2) is 0 Å². The van der Waals surface area contributed by atoms with Crippen LogP contribution in [0.2, 0.25) is 0 Å². The molecule has 0 saturated heterocycles. The van der Waals surface area contributed by atoms with Crippen molar-refractivity contribution in [2.45, 2.75) is 13.0 Å². The third-order valence-electron chi connectivity index (χ3n) is 2.71. The Bertz CT molecular complexity index is 384. The summed E-state index contributed by atoms with van der Waals surface area (Å²) in [5, 5.41) is 10.9. The van der Waals surface area contributed by atoms with E-state index in [2.05, 4.69) is 4.90 Å². The van der Waals surface area contributed by atoms with Gasteiger partial charge in [0.25, 0.3) is 5.69 Å². The largest absolute Gasteiger partial charge is 0.330 e. The van der Waals surface area contributed by atoms with E-state index in [0.717, 1.165) is 13.0 Å². The lowest BCUT2D eigenvalue weighted by molar-refractivity contribution is -0.385. The van der Waals surface area contributed by atoms with E-state index in [1.54, 1.807) is 12.1 Å². The number of nitrogens with two attached hydrogens (primary N) is 2. The predicted octanol–water partition coefficient (Wildman–Crippen LogP) is 0.704. The van der Waals surface area contributed by atoms with Crippen LogP contribution in [0.15, 0.2) is 24.3 Å². The van der Waals surface area contributed by atoms with Crippen molar-refractivity contribution >= 4 is 5.69 Å². The summed E-state index contributed by atoms with van der Waals surface area (Å²) in [6.45, 7) is 3.20. The molecule has 1 rings (SSSR count). The molecule has 0 atom stereocenters. The van der Waals surface area contributed by atoms with Crippen molar-refractivity contribution in [2.75, 3.05) is 26.2 Å². The first-order chi connectivity index (χ1) is 8.69. The quantitative estimate of drug-likeness (QED) is 0.524. The summed E-state index contributed by atoms with van der Waals surface area (Å²) < 4.78 is 0. The topological polar surface area (TPSA) is 98.4 Å². The monoisotopic (exact) mass is 252 g/mol. The molecule has 0 bridgehead atoms. The number of hydrogen-bond donors (Lipinski definition) is 2. The number of hydrogen-bond acceptors (Lipinski definition) is 5. The summed E-state index contributed by atoms with van der Waals surface area (Å²) in [7, 11) is 0. The van der Waals surface area contributed by atoms with E-state index in [1.807, 2.05) is 6.07 Å². The van der Waals surface area contributed by atoms with Gasteiger partial charge in [-0.3, -0.25) is 15.0 Å². The lowest BCUT2D eigenvalue weighted by Gasteiger charge is -2.21. The summed E-state index contributed by atoms with van der Waals surface area (Å²) in [5.74, 6) is 0. The molecule has 0 aliphatic rings. The molecule has 0 radical (unpaired) electrons. The van der Waals surface area contributed by atoms with Gasteiger partial charge in [-0.15, -0.1) is 0 Å². The fourth-order valence-corrected chi connectivity index (χ4v) is 1.83. The third kappa shape index (κ3) is 4.40. The van der Waals surface area contributed by atoms with Crippen molar-refractivity contribution in [1.82, 2.24) is 4.90 Å². The molecule has 0 aromatic heterocycles. The number of nitro benzene ring substituents is 1. The van der Waals surface area contributed by atoms with Gasteiger partial charge < -0.3 is 11.5 Å². The Morgan fingerprint density at radius 2 is 1.89 bits per heavy atom. The fourth-order valence-electron chi connectivity index (χ4n) is 1.83. The third-order valence-corrected chi connectivity index (χ3v) is 2.71. The number of nitrogens with zero attached hydrogens (tertiary/aromatic N) is 2. The van der Waals surface area contributed by atoms with Crippen molar-refractivity contribution in [3.05, 3.63) is 39.9 Å². The zero-order valence-corrected chi connectivity index (χ0v) is 10.4. The Morgan fingerprint density at radius 1 is 1.17 bits per heavy atom. The number of para-hydroxylation sites is 1. The second-order valence-electron chi connectivity index (χ2n) is 4.09. The molecule has 1 aromatic rings. The standard InChI is InChI=1S/C12H20N4O2/c13-6-3-8-15(9-7-14)10-11-4-1-2-5-12(11)16(17)18/h1-2,4-5H,3,6-10,13-14H2. The molecule has 18 heavy (non-hydrogen) atoms. The molecule has 0 unspecified atom stereocenters. The smallest absolute Gasteiger partial charge is 0.273 e. The Hall–Kier alpha value is -1.50. The van der Waals surface area contributed by atoms with E-state index in [1.165, 1.54) is 6.07 Å². The van der Waals surface area contributed by atoms with E-state index in [9.17, 15) is 10.1 Å². The van der Waals surface area contributed by atoms with Crippen molar-refractivity contribution in [3.8, 4) is 0 Å². The van der Waals surface area contributed by atoms with Crippen LogP contribution in [0, 0.1) is 10.1 Å². The molecule has 0 spiro atoms. The highest BCUT2D eigenvalue weighted by atomic mass is 16.6. The Morgan fingerprint density at radius 3 is 2.50 bits per heavy atom. The van der Waals surface area contributed by atoms with Crippen LogP contribution < -0.4 is 11.5 Å². The van der Waals surface area contributed by atoms with Crippen molar-refractivity contribution in [2.24, 2.45) is 11.5 Å². The number of nitro groups is 1. The summed E-state index contributed by atoms with van der Waals surface area (Å²) in [6, 6.07) is 6.80. The predicted molar refractivity (Wildman–Crippen MR) is 71.1 cm³/mol. The number of benzene rings is 1. The SMILES string of the molecule is NCCCN(CCN)Cc1ccccc1[N+](=O)[O-]. The molecule has 100 valence electrons. The maximum absolute atomic E-state index is 10.9. The van der Waals surface area contributed by atoms with Crippen LogP contribution in [0.4, 0.5) is 5.69 Å². The van der Waals surface area contributed by atoms with Crippen LogP contribution in [0.25, 0.3) is 0 Å². The minimum Gasteiger partial charge on any atom is -0.330 e. The molecule has 0 aliphatic heterocycles. The maximum atomic E-state index is 10.9. The van der Waals surface area contributed by atoms with Crippen LogP contribution in [0.3, 0.4) is 0 Å². The zero-order valence-electron chi connectivity index (χ0n) is 10.4. The van der Waals surface area contributed by atoms with Crippen LogP contribution >= 0.6 is 0 Å². The van der Waals surface area contributed by atoms with Crippen LogP contribution in [0.5, 0.6) is 0 Å².